The van der Waals surface area contributed by atoms with E-state index in [0.29, 0.717) is 29.4 Å². The molecule has 3 aromatic heterocycles. The summed E-state index contributed by atoms with van der Waals surface area (Å²) in [5.74, 6) is 0.917. The third-order valence-electron chi connectivity index (χ3n) is 6.63. The van der Waals surface area contributed by atoms with Gasteiger partial charge in [-0.3, -0.25) is 14.9 Å². The Morgan fingerprint density at radius 2 is 1.78 bits per heavy atom. The molecule has 0 unspecified atom stereocenters. The Morgan fingerprint density at radius 3 is 2.47 bits per heavy atom. The minimum Gasteiger partial charge on any atom is -0.428 e. The quantitative estimate of drug-likeness (QED) is 0.392. The van der Waals surface area contributed by atoms with E-state index < -0.39 is 0 Å². The second-order valence-corrected chi connectivity index (χ2v) is 10.7. The SMILES string of the molecule is CN(c1ncc(-c2ccc(-c3cc4cn[nH]c4cn3)cc2OC=O)nn1)C1CC(C)(C)NC(C)(C)C1. The largest absolute Gasteiger partial charge is 0.428 e. The number of nitrogens with zero attached hydrogens (tertiary/aromatic N) is 6. The number of benzene rings is 1. The summed E-state index contributed by atoms with van der Waals surface area (Å²) in [6.45, 7) is 9.28. The first-order chi connectivity index (χ1) is 17.1. The first-order valence-corrected chi connectivity index (χ1v) is 11.9. The van der Waals surface area contributed by atoms with Crippen LogP contribution in [0.2, 0.25) is 0 Å². The predicted octanol–water partition coefficient (Wildman–Crippen LogP) is 3.76. The number of fused-ring (bicyclic) bond motifs is 1. The average molecular weight is 487 g/mol. The van der Waals surface area contributed by atoms with Crippen LogP contribution in [0.25, 0.3) is 33.4 Å². The molecule has 0 bridgehead atoms. The van der Waals surface area contributed by atoms with Crippen LogP contribution in [0.5, 0.6) is 5.75 Å². The maximum absolute atomic E-state index is 11.3. The molecule has 36 heavy (non-hydrogen) atoms. The minimum atomic E-state index is 0.00780. The monoisotopic (exact) mass is 486 g/mol. The van der Waals surface area contributed by atoms with Crippen molar-refractivity contribution in [2.24, 2.45) is 0 Å². The molecule has 2 N–H and O–H groups in total. The van der Waals surface area contributed by atoms with Crippen molar-refractivity contribution in [1.29, 1.82) is 0 Å². The summed E-state index contributed by atoms with van der Waals surface area (Å²) in [5.41, 5.74) is 3.53. The van der Waals surface area contributed by atoms with E-state index in [1.165, 1.54) is 0 Å². The number of aromatic nitrogens is 6. The third kappa shape index (κ3) is 4.76. The summed E-state index contributed by atoms with van der Waals surface area (Å²) in [4.78, 5) is 22.4. The van der Waals surface area contributed by atoms with Crippen molar-refractivity contribution in [2.45, 2.75) is 57.7 Å². The molecular formula is C26H30N8O2. The number of anilines is 1. The standard InChI is InChI=1S/C26H30N8O2/c1-25(2)10-18(11-26(3,4)33-25)34(5)24-28-14-22(31-32-24)19-7-6-16(9-23(19)36-15-35)20-8-17-12-29-30-21(17)13-27-20/h6-9,12-15,18,33H,10-11H2,1-5H3,(H,29,30). The zero-order valence-corrected chi connectivity index (χ0v) is 21.1. The van der Waals surface area contributed by atoms with Gasteiger partial charge in [0.1, 0.15) is 11.4 Å². The normalized spacial score (nSPS) is 17.1. The van der Waals surface area contributed by atoms with Crippen molar-refractivity contribution < 1.29 is 9.53 Å². The molecule has 186 valence electrons. The Morgan fingerprint density at radius 1 is 1.00 bits per heavy atom. The molecular weight excluding hydrogens is 456 g/mol. The number of hydrogen-bond acceptors (Lipinski definition) is 9. The van der Waals surface area contributed by atoms with Crippen LogP contribution in [0.15, 0.2) is 42.9 Å². The highest BCUT2D eigenvalue weighted by molar-refractivity contribution is 5.83. The molecule has 10 heteroatoms. The lowest BCUT2D eigenvalue weighted by Crippen LogP contribution is -2.62. The highest BCUT2D eigenvalue weighted by Gasteiger charge is 2.39. The molecule has 0 atom stereocenters. The van der Waals surface area contributed by atoms with E-state index in [9.17, 15) is 4.79 Å². The fourth-order valence-corrected chi connectivity index (χ4v) is 5.30. The fraction of sp³-hybridized carbons (Fsp3) is 0.385. The Balaban J connectivity index is 1.41. The van der Waals surface area contributed by atoms with E-state index in [1.807, 2.05) is 25.2 Å². The number of H-pyrrole nitrogens is 1. The van der Waals surface area contributed by atoms with Crippen LogP contribution < -0.4 is 15.0 Å². The van der Waals surface area contributed by atoms with Crippen LogP contribution >= 0.6 is 0 Å². The zero-order chi connectivity index (χ0) is 25.5. The van der Waals surface area contributed by atoms with Gasteiger partial charge in [-0.2, -0.15) is 5.10 Å². The van der Waals surface area contributed by atoms with Crippen molar-refractivity contribution in [2.75, 3.05) is 11.9 Å². The second kappa shape index (κ2) is 8.94. The van der Waals surface area contributed by atoms with Gasteiger partial charge in [0.25, 0.3) is 6.47 Å². The molecule has 1 aliphatic heterocycles. The van der Waals surface area contributed by atoms with Crippen LogP contribution in [-0.4, -0.2) is 61.0 Å². The second-order valence-electron chi connectivity index (χ2n) is 10.7. The highest BCUT2D eigenvalue weighted by atomic mass is 16.5. The summed E-state index contributed by atoms with van der Waals surface area (Å²) in [5, 5.41) is 20.4. The molecule has 0 saturated carbocycles. The lowest BCUT2D eigenvalue weighted by molar-refractivity contribution is -0.120. The molecule has 1 aliphatic rings. The van der Waals surface area contributed by atoms with E-state index in [2.05, 4.69) is 68.3 Å². The third-order valence-corrected chi connectivity index (χ3v) is 6.63. The topological polar surface area (TPSA) is 122 Å². The van der Waals surface area contributed by atoms with Crippen molar-refractivity contribution in [3.8, 4) is 28.3 Å². The number of nitrogens with one attached hydrogen (secondary N) is 2. The van der Waals surface area contributed by atoms with Crippen molar-refractivity contribution in [3.63, 3.8) is 0 Å². The number of piperidine rings is 1. The van der Waals surface area contributed by atoms with Gasteiger partial charge in [0, 0.05) is 40.7 Å². The molecule has 4 heterocycles. The summed E-state index contributed by atoms with van der Waals surface area (Å²) < 4.78 is 5.30. The van der Waals surface area contributed by atoms with Gasteiger partial charge in [0.15, 0.2) is 0 Å². The van der Waals surface area contributed by atoms with E-state index in [1.54, 1.807) is 24.7 Å². The van der Waals surface area contributed by atoms with Gasteiger partial charge in [-0.05, 0) is 58.7 Å². The number of aromatic amines is 1. The fourth-order valence-electron chi connectivity index (χ4n) is 5.30. The van der Waals surface area contributed by atoms with Crippen molar-refractivity contribution >= 4 is 23.3 Å². The molecule has 5 rings (SSSR count). The molecule has 1 aromatic carbocycles. The summed E-state index contributed by atoms with van der Waals surface area (Å²) in [7, 11) is 2.01. The van der Waals surface area contributed by atoms with E-state index in [-0.39, 0.29) is 17.1 Å². The predicted molar refractivity (Wildman–Crippen MR) is 138 cm³/mol. The van der Waals surface area contributed by atoms with Crippen LogP contribution in [0.3, 0.4) is 0 Å². The molecule has 10 nitrogen and oxygen atoms in total. The molecule has 4 aromatic rings. The lowest BCUT2D eigenvalue weighted by atomic mass is 9.79. The Kier molecular flexibility index (Phi) is 5.91. The molecule has 0 aliphatic carbocycles. The van der Waals surface area contributed by atoms with Gasteiger partial charge >= 0.3 is 0 Å². The van der Waals surface area contributed by atoms with Crippen LogP contribution in [0.4, 0.5) is 5.95 Å². The Hall–Kier alpha value is -3.92. The number of ether oxygens (including phenoxy) is 1. The van der Waals surface area contributed by atoms with Crippen LogP contribution in [0, 0.1) is 0 Å². The van der Waals surface area contributed by atoms with Gasteiger partial charge in [0.2, 0.25) is 5.95 Å². The summed E-state index contributed by atoms with van der Waals surface area (Å²) >= 11 is 0. The molecule has 0 radical (unpaired) electrons. The van der Waals surface area contributed by atoms with Crippen LogP contribution in [0.1, 0.15) is 40.5 Å². The molecule has 1 fully saturated rings. The smallest absolute Gasteiger partial charge is 0.298 e. The number of carbonyl (C=O) groups is 1. The maximum Gasteiger partial charge on any atom is 0.298 e. The van der Waals surface area contributed by atoms with Crippen LogP contribution in [-0.2, 0) is 4.79 Å². The van der Waals surface area contributed by atoms with E-state index in [4.69, 9.17) is 4.74 Å². The summed E-state index contributed by atoms with van der Waals surface area (Å²) in [6, 6.07) is 7.70. The van der Waals surface area contributed by atoms with Gasteiger partial charge in [-0.15, -0.1) is 10.2 Å². The van der Waals surface area contributed by atoms with E-state index >= 15 is 0 Å². The van der Waals surface area contributed by atoms with Crippen molar-refractivity contribution in [1.82, 2.24) is 35.7 Å². The number of rotatable bonds is 6. The molecule has 1 saturated heterocycles. The number of pyridine rings is 1. The zero-order valence-electron chi connectivity index (χ0n) is 21.1. The van der Waals surface area contributed by atoms with Gasteiger partial charge in [-0.1, -0.05) is 6.07 Å². The Labute approximate surface area is 209 Å². The number of carbonyl (C=O) groups excluding carboxylic acids is 1. The van der Waals surface area contributed by atoms with E-state index in [0.717, 1.165) is 35.0 Å². The average Bonchev–Trinajstić information content (AvgIpc) is 3.30. The minimum absolute atomic E-state index is 0.00780. The summed E-state index contributed by atoms with van der Waals surface area (Å²) in [6.07, 6.45) is 7.06. The molecule has 0 amide bonds. The lowest BCUT2D eigenvalue weighted by Gasteiger charge is -2.48. The first-order valence-electron chi connectivity index (χ1n) is 11.9. The molecule has 0 spiro atoms. The Bertz CT molecular complexity index is 1380. The highest BCUT2D eigenvalue weighted by Crippen LogP contribution is 2.34. The first kappa shape index (κ1) is 23.8. The van der Waals surface area contributed by atoms with Gasteiger partial charge in [0.05, 0.1) is 29.8 Å². The van der Waals surface area contributed by atoms with Crippen molar-refractivity contribution in [3.05, 3.63) is 42.9 Å². The number of hydrogen-bond donors (Lipinski definition) is 2. The maximum atomic E-state index is 11.3. The van der Waals surface area contributed by atoms with Gasteiger partial charge < -0.3 is 15.0 Å². The van der Waals surface area contributed by atoms with Gasteiger partial charge in [-0.25, -0.2) is 4.98 Å².